The van der Waals surface area contributed by atoms with Crippen LogP contribution in [-0.2, 0) is 4.79 Å². The van der Waals surface area contributed by atoms with Gasteiger partial charge in [-0.3, -0.25) is 9.59 Å². The van der Waals surface area contributed by atoms with Gasteiger partial charge in [-0.05, 0) is 19.1 Å². The number of nitrogens with one attached hydrogen (secondary N) is 1. The molecule has 3 N–H and O–H groups in total. The Morgan fingerprint density at radius 2 is 2.15 bits per heavy atom. The number of amides is 1. The van der Waals surface area contributed by atoms with Crippen LogP contribution < -0.4 is 11.1 Å². The molecule has 1 heterocycles. The first-order valence-corrected chi connectivity index (χ1v) is 7.60. The van der Waals surface area contributed by atoms with Crippen molar-refractivity contribution in [1.82, 2.24) is 4.98 Å². The summed E-state index contributed by atoms with van der Waals surface area (Å²) in [6.45, 7) is 1.47. The molecule has 0 bridgehead atoms. The number of aromatic nitrogens is 1. The number of nitrogen functional groups attached to an aromatic ring is 1. The molecule has 1 aromatic carbocycles. The van der Waals surface area contributed by atoms with Gasteiger partial charge in [-0.15, -0.1) is 11.8 Å². The van der Waals surface area contributed by atoms with Gasteiger partial charge < -0.3 is 11.1 Å². The molecule has 0 spiro atoms. The zero-order valence-electron chi connectivity index (χ0n) is 10.8. The van der Waals surface area contributed by atoms with Crippen molar-refractivity contribution < 1.29 is 9.59 Å². The van der Waals surface area contributed by atoms with Crippen LogP contribution in [0.3, 0.4) is 0 Å². The summed E-state index contributed by atoms with van der Waals surface area (Å²) in [5.74, 6) is -0.00658. The third-order valence-electron chi connectivity index (χ3n) is 2.43. The first-order valence-electron chi connectivity index (χ1n) is 5.80. The molecule has 0 unspecified atom stereocenters. The van der Waals surface area contributed by atoms with Crippen LogP contribution in [0.25, 0.3) is 0 Å². The van der Waals surface area contributed by atoms with Crippen molar-refractivity contribution in [3.05, 3.63) is 36.0 Å². The normalized spacial score (nSPS) is 10.2. The number of hydrogen-bond donors (Lipinski definition) is 2. The predicted octanol–water partition coefficient (Wildman–Crippen LogP) is 2.66. The van der Waals surface area contributed by atoms with E-state index >= 15 is 0 Å². The molecule has 1 amide bonds. The highest BCUT2D eigenvalue weighted by Crippen LogP contribution is 2.26. The van der Waals surface area contributed by atoms with E-state index in [-0.39, 0.29) is 17.4 Å². The molecule has 7 heteroatoms. The lowest BCUT2D eigenvalue weighted by Crippen LogP contribution is -2.16. The highest BCUT2D eigenvalue weighted by Gasteiger charge is 2.10. The summed E-state index contributed by atoms with van der Waals surface area (Å²) in [4.78, 5) is 27.2. The number of Topliss-reactive ketones (excluding diaryl/α,β-unsaturated/α-hetero) is 1. The second-order valence-corrected chi connectivity index (χ2v) is 6.29. The summed E-state index contributed by atoms with van der Waals surface area (Å²) < 4.78 is 0.887. The van der Waals surface area contributed by atoms with Crippen LogP contribution in [0, 0.1) is 0 Å². The molecule has 0 radical (unpaired) electrons. The second kappa shape index (κ2) is 6.53. The number of nitrogens with two attached hydrogens (primary N) is 1. The van der Waals surface area contributed by atoms with Crippen LogP contribution in [0.1, 0.15) is 17.3 Å². The standard InChI is InChI=1S/C13H13N3O2S2/c1-8(17)9-4-2-3-5-10(9)16-11(18)7-19-12-6-15-13(14)20-12/h2-6H,7H2,1H3,(H2,14,15)(H,16,18). The Labute approximate surface area is 124 Å². The average molecular weight is 307 g/mol. The molecular formula is C13H13N3O2S2. The molecule has 0 saturated heterocycles. The van der Waals surface area contributed by atoms with Gasteiger partial charge in [0, 0.05) is 5.56 Å². The van der Waals surface area contributed by atoms with E-state index in [0.29, 0.717) is 16.4 Å². The number of thiazole rings is 1. The van der Waals surface area contributed by atoms with Gasteiger partial charge in [0.05, 0.1) is 21.8 Å². The average Bonchev–Trinajstić information content (AvgIpc) is 2.83. The van der Waals surface area contributed by atoms with E-state index in [4.69, 9.17) is 5.73 Å². The van der Waals surface area contributed by atoms with Crippen molar-refractivity contribution in [2.45, 2.75) is 11.1 Å². The zero-order valence-corrected chi connectivity index (χ0v) is 12.4. The second-order valence-electron chi connectivity index (χ2n) is 3.96. The molecule has 0 aliphatic rings. The number of benzene rings is 1. The summed E-state index contributed by atoms with van der Waals surface area (Å²) in [7, 11) is 0. The monoisotopic (exact) mass is 307 g/mol. The number of thioether (sulfide) groups is 1. The maximum Gasteiger partial charge on any atom is 0.234 e. The van der Waals surface area contributed by atoms with E-state index in [1.54, 1.807) is 30.5 Å². The van der Waals surface area contributed by atoms with E-state index in [0.717, 1.165) is 4.21 Å². The van der Waals surface area contributed by atoms with Crippen molar-refractivity contribution in [2.24, 2.45) is 0 Å². The Balaban J connectivity index is 1.96. The Morgan fingerprint density at radius 3 is 2.80 bits per heavy atom. The minimum absolute atomic E-state index is 0.0798. The Hall–Kier alpha value is -1.86. The van der Waals surface area contributed by atoms with Gasteiger partial charge in [0.15, 0.2) is 10.9 Å². The summed E-state index contributed by atoms with van der Waals surface area (Å²) >= 11 is 2.70. The smallest absolute Gasteiger partial charge is 0.234 e. The summed E-state index contributed by atoms with van der Waals surface area (Å²) in [6.07, 6.45) is 1.64. The molecule has 0 saturated carbocycles. The molecule has 2 rings (SSSR count). The van der Waals surface area contributed by atoms with Gasteiger partial charge in [-0.25, -0.2) is 4.98 Å². The minimum atomic E-state index is -0.171. The number of hydrogen-bond acceptors (Lipinski definition) is 6. The van der Waals surface area contributed by atoms with Crippen molar-refractivity contribution in [2.75, 3.05) is 16.8 Å². The third-order valence-corrected chi connectivity index (χ3v) is 4.45. The fourth-order valence-electron chi connectivity index (χ4n) is 1.56. The Kier molecular flexibility index (Phi) is 4.75. The van der Waals surface area contributed by atoms with Gasteiger partial charge in [-0.1, -0.05) is 23.5 Å². The maximum atomic E-state index is 11.9. The van der Waals surface area contributed by atoms with Gasteiger partial charge in [0.2, 0.25) is 5.91 Å². The van der Waals surface area contributed by atoms with Crippen molar-refractivity contribution >= 4 is 45.6 Å². The first-order chi connectivity index (χ1) is 9.56. The molecule has 1 aromatic heterocycles. The number of para-hydroxylation sites is 1. The molecule has 0 aliphatic heterocycles. The third kappa shape index (κ3) is 3.82. The van der Waals surface area contributed by atoms with Crippen LogP contribution in [-0.4, -0.2) is 22.4 Å². The van der Waals surface area contributed by atoms with E-state index in [9.17, 15) is 9.59 Å². The molecule has 2 aromatic rings. The van der Waals surface area contributed by atoms with Gasteiger partial charge in [0.25, 0.3) is 0 Å². The van der Waals surface area contributed by atoms with Crippen LogP contribution in [0.2, 0.25) is 0 Å². The SMILES string of the molecule is CC(=O)c1ccccc1NC(=O)CSc1cnc(N)s1. The largest absolute Gasteiger partial charge is 0.375 e. The van der Waals surface area contributed by atoms with Gasteiger partial charge >= 0.3 is 0 Å². The quantitative estimate of drug-likeness (QED) is 0.655. The van der Waals surface area contributed by atoms with Crippen LogP contribution >= 0.6 is 23.1 Å². The Morgan fingerprint density at radius 1 is 1.40 bits per heavy atom. The van der Waals surface area contributed by atoms with Gasteiger partial charge in [0.1, 0.15) is 0 Å². The summed E-state index contributed by atoms with van der Waals surface area (Å²) in [5, 5.41) is 3.22. The van der Waals surface area contributed by atoms with E-state index in [1.807, 2.05) is 0 Å². The Bertz CT molecular complexity index is 640. The lowest BCUT2D eigenvalue weighted by molar-refractivity contribution is -0.113. The van der Waals surface area contributed by atoms with Crippen molar-refractivity contribution in [3.63, 3.8) is 0 Å². The maximum absolute atomic E-state index is 11.9. The fourth-order valence-corrected chi connectivity index (χ4v) is 3.12. The molecule has 0 fully saturated rings. The lowest BCUT2D eigenvalue weighted by atomic mass is 10.1. The van der Waals surface area contributed by atoms with Gasteiger partial charge in [-0.2, -0.15) is 0 Å². The van der Waals surface area contributed by atoms with Crippen LogP contribution in [0.15, 0.2) is 34.7 Å². The number of ketones is 1. The summed E-state index contributed by atoms with van der Waals surface area (Å²) in [6, 6.07) is 6.94. The molecule has 0 aliphatic carbocycles. The number of nitrogens with zero attached hydrogens (tertiary/aromatic N) is 1. The number of anilines is 2. The zero-order chi connectivity index (χ0) is 14.5. The van der Waals surface area contributed by atoms with Crippen LogP contribution in [0.4, 0.5) is 10.8 Å². The molecular weight excluding hydrogens is 294 g/mol. The fraction of sp³-hybridized carbons (Fsp3) is 0.154. The van der Waals surface area contributed by atoms with Crippen molar-refractivity contribution in [1.29, 1.82) is 0 Å². The lowest BCUT2D eigenvalue weighted by Gasteiger charge is -2.08. The number of carbonyl (C=O) groups excluding carboxylic acids is 2. The van der Waals surface area contributed by atoms with Crippen molar-refractivity contribution in [3.8, 4) is 0 Å². The van der Waals surface area contributed by atoms with E-state index < -0.39 is 0 Å². The highest BCUT2D eigenvalue weighted by molar-refractivity contribution is 8.01. The van der Waals surface area contributed by atoms with E-state index in [1.165, 1.54) is 30.0 Å². The molecule has 104 valence electrons. The number of rotatable bonds is 5. The van der Waals surface area contributed by atoms with E-state index in [2.05, 4.69) is 10.3 Å². The molecule has 0 atom stereocenters. The molecule has 5 nitrogen and oxygen atoms in total. The topological polar surface area (TPSA) is 85.1 Å². The highest BCUT2D eigenvalue weighted by atomic mass is 32.2. The first kappa shape index (κ1) is 14.5. The van der Waals surface area contributed by atoms with Crippen LogP contribution in [0.5, 0.6) is 0 Å². The summed E-state index contributed by atoms with van der Waals surface area (Å²) in [5.41, 5.74) is 6.56. The molecule has 20 heavy (non-hydrogen) atoms. The number of carbonyl (C=O) groups is 2. The minimum Gasteiger partial charge on any atom is -0.375 e. The predicted molar refractivity (Wildman–Crippen MR) is 82.3 cm³/mol.